The van der Waals surface area contributed by atoms with Crippen molar-refractivity contribution in [3.8, 4) is 0 Å². The van der Waals surface area contributed by atoms with E-state index in [1.54, 1.807) is 27.7 Å². The van der Waals surface area contributed by atoms with Crippen molar-refractivity contribution in [1.29, 1.82) is 0 Å². The number of nitrogens with one attached hydrogen (secondary N) is 1. The first kappa shape index (κ1) is 13.8. The Morgan fingerprint density at radius 3 is 2.47 bits per heavy atom. The average Bonchev–Trinajstić information content (AvgIpc) is 2.45. The Morgan fingerprint density at radius 2 is 2.00 bits per heavy atom. The average molecular weight is 243 g/mol. The number of ether oxygens (including phenoxy) is 1. The van der Waals surface area contributed by atoms with Crippen LogP contribution in [0.15, 0.2) is 0 Å². The molecule has 0 unspecified atom stereocenters. The van der Waals surface area contributed by atoms with Gasteiger partial charge in [0.1, 0.15) is 5.60 Å². The van der Waals surface area contributed by atoms with E-state index in [4.69, 9.17) is 4.74 Å². The van der Waals surface area contributed by atoms with Crippen molar-refractivity contribution in [2.75, 3.05) is 0 Å². The van der Waals surface area contributed by atoms with Crippen molar-refractivity contribution < 1.29 is 19.4 Å². The summed E-state index contributed by atoms with van der Waals surface area (Å²) in [5.41, 5.74) is -1.45. The Bertz CT molecular complexity index is 321. The van der Waals surface area contributed by atoms with Crippen LogP contribution in [-0.2, 0) is 9.53 Å². The van der Waals surface area contributed by atoms with E-state index >= 15 is 0 Å². The lowest BCUT2D eigenvalue weighted by Crippen LogP contribution is -2.48. The minimum atomic E-state index is -0.878. The number of hydrogen-bond donors (Lipinski definition) is 2. The molecule has 0 aliphatic heterocycles. The summed E-state index contributed by atoms with van der Waals surface area (Å²) in [4.78, 5) is 22.8. The number of hydrogen-bond acceptors (Lipinski definition) is 3. The number of carboxylic acids is 1. The van der Waals surface area contributed by atoms with Crippen LogP contribution < -0.4 is 5.32 Å². The molecule has 1 fully saturated rings. The molecular weight excluding hydrogens is 222 g/mol. The Kier molecular flexibility index (Phi) is 3.69. The molecule has 5 heteroatoms. The van der Waals surface area contributed by atoms with E-state index in [1.165, 1.54) is 0 Å². The van der Waals surface area contributed by atoms with Gasteiger partial charge in [-0.15, -0.1) is 0 Å². The molecule has 0 heterocycles. The molecule has 5 nitrogen and oxygen atoms in total. The smallest absolute Gasteiger partial charge is 0.407 e. The first-order valence-corrected chi connectivity index (χ1v) is 5.88. The molecule has 0 aromatic rings. The maximum atomic E-state index is 11.6. The highest BCUT2D eigenvalue weighted by Gasteiger charge is 2.46. The second kappa shape index (κ2) is 4.55. The molecule has 1 saturated carbocycles. The van der Waals surface area contributed by atoms with Gasteiger partial charge < -0.3 is 15.2 Å². The highest BCUT2D eigenvalue weighted by atomic mass is 16.6. The van der Waals surface area contributed by atoms with Gasteiger partial charge in [-0.25, -0.2) is 4.79 Å². The lowest BCUT2D eigenvalue weighted by molar-refractivity contribution is -0.148. The number of carbonyl (C=O) groups excluding carboxylic acids is 1. The Labute approximate surface area is 102 Å². The van der Waals surface area contributed by atoms with Crippen LogP contribution in [-0.4, -0.2) is 28.8 Å². The summed E-state index contributed by atoms with van der Waals surface area (Å²) < 4.78 is 5.13. The molecule has 0 aromatic carbocycles. The van der Waals surface area contributed by atoms with Crippen molar-refractivity contribution in [3.63, 3.8) is 0 Å². The highest BCUT2D eigenvalue weighted by molar-refractivity contribution is 5.77. The summed E-state index contributed by atoms with van der Waals surface area (Å²) >= 11 is 0. The van der Waals surface area contributed by atoms with E-state index < -0.39 is 23.1 Å². The molecule has 98 valence electrons. The highest BCUT2D eigenvalue weighted by Crippen LogP contribution is 2.38. The summed E-state index contributed by atoms with van der Waals surface area (Å²) in [7, 11) is 0. The Balaban J connectivity index is 2.63. The number of alkyl carbamates (subject to hydrolysis) is 1. The van der Waals surface area contributed by atoms with Crippen LogP contribution >= 0.6 is 0 Å². The number of carbonyl (C=O) groups is 2. The van der Waals surface area contributed by atoms with Gasteiger partial charge in [0.25, 0.3) is 0 Å². The zero-order chi connectivity index (χ0) is 13.3. The fraction of sp³-hybridized carbons (Fsp3) is 0.833. The van der Waals surface area contributed by atoms with Crippen molar-refractivity contribution in [1.82, 2.24) is 5.32 Å². The topological polar surface area (TPSA) is 75.6 Å². The standard InChI is InChI=1S/C12H21NO4/c1-11(2,3)17-10(16)13-8-6-5-7-12(8,4)9(14)15/h8H,5-7H2,1-4H3,(H,13,16)(H,14,15)/t8-,12+/m1/s1. The van der Waals surface area contributed by atoms with Gasteiger partial charge in [0.2, 0.25) is 0 Å². The molecule has 1 amide bonds. The molecule has 1 aliphatic carbocycles. The summed E-state index contributed by atoms with van der Waals surface area (Å²) in [6.07, 6.45) is 1.53. The second-order valence-corrected chi connectivity index (χ2v) is 5.81. The molecule has 1 aliphatic rings. The van der Waals surface area contributed by atoms with E-state index in [0.717, 1.165) is 6.42 Å². The Hall–Kier alpha value is -1.26. The fourth-order valence-corrected chi connectivity index (χ4v) is 2.10. The molecule has 0 radical (unpaired) electrons. The number of carboxylic acid groups (broad SMARTS) is 1. The zero-order valence-corrected chi connectivity index (χ0v) is 10.9. The lowest BCUT2D eigenvalue weighted by Gasteiger charge is -2.29. The summed E-state index contributed by atoms with van der Waals surface area (Å²) in [6.45, 7) is 7.00. The van der Waals surface area contributed by atoms with Gasteiger partial charge in [0.05, 0.1) is 5.41 Å². The third-order valence-electron chi connectivity index (χ3n) is 3.14. The molecule has 1 rings (SSSR count). The number of rotatable bonds is 2. The van der Waals surface area contributed by atoms with Crippen LogP contribution in [0.5, 0.6) is 0 Å². The molecule has 2 N–H and O–H groups in total. The van der Waals surface area contributed by atoms with Gasteiger partial charge >= 0.3 is 12.1 Å². The molecule has 0 aromatic heterocycles. The van der Waals surface area contributed by atoms with Crippen LogP contribution in [0.3, 0.4) is 0 Å². The third-order valence-corrected chi connectivity index (χ3v) is 3.14. The Morgan fingerprint density at radius 1 is 1.41 bits per heavy atom. The quantitative estimate of drug-likeness (QED) is 0.779. The van der Waals surface area contributed by atoms with E-state index in [-0.39, 0.29) is 6.04 Å². The fourth-order valence-electron chi connectivity index (χ4n) is 2.10. The minimum absolute atomic E-state index is 0.352. The maximum Gasteiger partial charge on any atom is 0.407 e. The van der Waals surface area contributed by atoms with Crippen molar-refractivity contribution in [2.45, 2.75) is 58.6 Å². The van der Waals surface area contributed by atoms with E-state index in [1.807, 2.05) is 0 Å². The van der Waals surface area contributed by atoms with E-state index in [2.05, 4.69) is 5.32 Å². The summed E-state index contributed by atoms with van der Waals surface area (Å²) in [5, 5.41) is 11.9. The van der Waals surface area contributed by atoms with Crippen LogP contribution in [0.2, 0.25) is 0 Å². The molecular formula is C12H21NO4. The predicted molar refractivity (Wildman–Crippen MR) is 62.8 cm³/mol. The van der Waals surface area contributed by atoms with Gasteiger partial charge in [0.15, 0.2) is 0 Å². The van der Waals surface area contributed by atoms with E-state index in [9.17, 15) is 14.7 Å². The molecule has 2 atom stereocenters. The summed E-state index contributed by atoms with van der Waals surface area (Å²) in [5.74, 6) is -0.865. The van der Waals surface area contributed by atoms with Crippen LogP contribution in [0, 0.1) is 5.41 Å². The largest absolute Gasteiger partial charge is 0.481 e. The number of aliphatic carboxylic acids is 1. The van der Waals surface area contributed by atoms with Crippen LogP contribution in [0.25, 0.3) is 0 Å². The van der Waals surface area contributed by atoms with Gasteiger partial charge in [-0.2, -0.15) is 0 Å². The van der Waals surface area contributed by atoms with E-state index in [0.29, 0.717) is 12.8 Å². The SMILES string of the molecule is CC(C)(C)OC(=O)N[C@@H]1CCC[C@]1(C)C(=O)O. The molecule has 0 saturated heterocycles. The lowest BCUT2D eigenvalue weighted by atomic mass is 9.85. The van der Waals surface area contributed by atoms with Crippen molar-refractivity contribution >= 4 is 12.1 Å². The monoisotopic (exact) mass is 243 g/mol. The predicted octanol–water partition coefficient (Wildman–Crippen LogP) is 2.15. The normalized spacial score (nSPS) is 28.8. The van der Waals surface area contributed by atoms with Crippen LogP contribution in [0.1, 0.15) is 47.0 Å². The number of amides is 1. The third kappa shape index (κ3) is 3.35. The van der Waals surface area contributed by atoms with Crippen molar-refractivity contribution in [2.24, 2.45) is 5.41 Å². The summed E-state index contributed by atoms with van der Waals surface area (Å²) in [6, 6.07) is -0.352. The first-order chi connectivity index (χ1) is 7.65. The minimum Gasteiger partial charge on any atom is -0.481 e. The van der Waals surface area contributed by atoms with Gasteiger partial charge in [-0.1, -0.05) is 6.42 Å². The maximum absolute atomic E-state index is 11.6. The van der Waals surface area contributed by atoms with Gasteiger partial charge in [-0.05, 0) is 40.5 Å². The zero-order valence-electron chi connectivity index (χ0n) is 10.9. The molecule has 0 bridgehead atoms. The van der Waals surface area contributed by atoms with Crippen molar-refractivity contribution in [3.05, 3.63) is 0 Å². The molecule has 17 heavy (non-hydrogen) atoms. The van der Waals surface area contributed by atoms with Gasteiger partial charge in [0, 0.05) is 6.04 Å². The van der Waals surface area contributed by atoms with Crippen LogP contribution in [0.4, 0.5) is 4.79 Å². The van der Waals surface area contributed by atoms with Gasteiger partial charge in [-0.3, -0.25) is 4.79 Å². The first-order valence-electron chi connectivity index (χ1n) is 5.88. The second-order valence-electron chi connectivity index (χ2n) is 5.81. The molecule has 0 spiro atoms.